The summed E-state index contributed by atoms with van der Waals surface area (Å²) in [7, 11) is 0. The smallest absolute Gasteiger partial charge is 0.409 e. The largest absolute Gasteiger partial charge is 0.449 e. The zero-order valence-corrected chi connectivity index (χ0v) is 21.1. The zero-order chi connectivity index (χ0) is 25.1. The molecular formula is C25H33ClN6O3. The van der Waals surface area contributed by atoms with Crippen molar-refractivity contribution in [2.75, 3.05) is 32.8 Å². The number of aliphatic imine (C=N–C) groups is 1. The lowest BCUT2D eigenvalue weighted by Crippen LogP contribution is -2.55. The lowest BCUT2D eigenvalue weighted by Gasteiger charge is -2.39. The van der Waals surface area contributed by atoms with Crippen molar-refractivity contribution in [1.29, 1.82) is 0 Å². The first-order valence-electron chi connectivity index (χ1n) is 12.2. The highest BCUT2D eigenvalue weighted by atomic mass is 35.5. The number of amides is 2. The maximum atomic E-state index is 13.4. The number of nitrogens with two attached hydrogens (primary N) is 2. The molecule has 2 aliphatic rings. The van der Waals surface area contributed by atoms with Crippen LogP contribution >= 0.6 is 11.6 Å². The van der Waals surface area contributed by atoms with Gasteiger partial charge in [0, 0.05) is 48.9 Å². The van der Waals surface area contributed by atoms with Crippen LogP contribution in [0, 0.1) is 5.92 Å². The van der Waals surface area contributed by atoms with Crippen LogP contribution in [0.15, 0.2) is 23.2 Å². The Morgan fingerprint density at radius 2 is 2.09 bits per heavy atom. The molecule has 2 amide bonds. The number of halogens is 1. The van der Waals surface area contributed by atoms with Crippen LogP contribution in [0.2, 0.25) is 5.02 Å². The maximum Gasteiger partial charge on any atom is 0.409 e. The molecule has 9 nitrogen and oxygen atoms in total. The second-order valence-electron chi connectivity index (χ2n) is 9.37. The van der Waals surface area contributed by atoms with Crippen LogP contribution in [0.3, 0.4) is 0 Å². The van der Waals surface area contributed by atoms with Crippen molar-refractivity contribution >= 4 is 40.5 Å². The Hall–Kier alpha value is -3.07. The molecule has 1 unspecified atom stereocenters. The number of carbonyl (C=O) groups excluding carboxylic acids is 2. The topological polar surface area (TPSA) is 127 Å². The molecule has 35 heavy (non-hydrogen) atoms. The standard InChI is InChI=1S/C25H33ClN6O3/c1-3-10-35-25(34)31-8-9-32(15(2)14-31)23(33)17-5-7-19-21(12-17)30-20-11-16(13-29-24(27)28)4-6-18(20)22(19)26/h5,7,12,15-16H,3-4,6,8-11,13-14H2,1-2H3,(H4,27,28,29)/t15-,16?/m0/s1. The van der Waals surface area contributed by atoms with Gasteiger partial charge in [-0.3, -0.25) is 14.8 Å². The van der Waals surface area contributed by atoms with Crippen LogP contribution in [-0.4, -0.2) is 71.6 Å². The van der Waals surface area contributed by atoms with Crippen molar-refractivity contribution < 1.29 is 14.3 Å². The number of hydrogen-bond donors (Lipinski definition) is 2. The highest BCUT2D eigenvalue weighted by Gasteiger charge is 2.31. The van der Waals surface area contributed by atoms with Gasteiger partial charge < -0.3 is 26.0 Å². The second-order valence-corrected chi connectivity index (χ2v) is 9.74. The molecule has 0 spiro atoms. The van der Waals surface area contributed by atoms with Crippen LogP contribution < -0.4 is 11.5 Å². The quantitative estimate of drug-likeness (QED) is 0.480. The first-order valence-corrected chi connectivity index (χ1v) is 12.5. The van der Waals surface area contributed by atoms with E-state index in [0.717, 1.165) is 42.3 Å². The van der Waals surface area contributed by atoms with Gasteiger partial charge in [0.2, 0.25) is 0 Å². The summed E-state index contributed by atoms with van der Waals surface area (Å²) < 4.78 is 5.24. The summed E-state index contributed by atoms with van der Waals surface area (Å²) >= 11 is 6.77. The molecule has 1 saturated heterocycles. The molecule has 1 aliphatic heterocycles. The van der Waals surface area contributed by atoms with E-state index in [1.807, 2.05) is 32.0 Å². The Balaban J connectivity index is 1.52. The summed E-state index contributed by atoms with van der Waals surface area (Å²) in [6, 6.07) is 5.38. The van der Waals surface area contributed by atoms with Gasteiger partial charge in [-0.1, -0.05) is 24.6 Å². The van der Waals surface area contributed by atoms with Gasteiger partial charge in [0.15, 0.2) is 5.96 Å². The van der Waals surface area contributed by atoms with Gasteiger partial charge in [-0.25, -0.2) is 4.79 Å². The highest BCUT2D eigenvalue weighted by molar-refractivity contribution is 6.36. The van der Waals surface area contributed by atoms with Crippen LogP contribution in [0.5, 0.6) is 0 Å². The summed E-state index contributed by atoms with van der Waals surface area (Å²) in [4.78, 5) is 38.1. The van der Waals surface area contributed by atoms with Crippen molar-refractivity contribution in [3.05, 3.63) is 40.0 Å². The van der Waals surface area contributed by atoms with E-state index in [4.69, 9.17) is 32.8 Å². The second kappa shape index (κ2) is 10.7. The van der Waals surface area contributed by atoms with E-state index in [1.54, 1.807) is 9.80 Å². The van der Waals surface area contributed by atoms with Crippen molar-refractivity contribution in [2.45, 2.75) is 45.6 Å². The number of rotatable bonds is 5. The van der Waals surface area contributed by atoms with E-state index in [9.17, 15) is 9.59 Å². The van der Waals surface area contributed by atoms with Crippen LogP contribution in [0.4, 0.5) is 4.79 Å². The lowest BCUT2D eigenvalue weighted by molar-refractivity contribution is 0.0414. The lowest BCUT2D eigenvalue weighted by atomic mass is 9.86. The van der Waals surface area contributed by atoms with Gasteiger partial charge >= 0.3 is 6.09 Å². The molecule has 10 heteroatoms. The third-order valence-corrected chi connectivity index (χ3v) is 7.17. The summed E-state index contributed by atoms with van der Waals surface area (Å²) in [5.74, 6) is 0.315. The van der Waals surface area contributed by atoms with E-state index in [1.165, 1.54) is 0 Å². The number of pyridine rings is 1. The van der Waals surface area contributed by atoms with Crippen molar-refractivity contribution in [3.8, 4) is 0 Å². The predicted molar refractivity (Wildman–Crippen MR) is 137 cm³/mol. The fourth-order valence-electron chi connectivity index (χ4n) is 4.85. The summed E-state index contributed by atoms with van der Waals surface area (Å²) in [5, 5.41) is 1.55. The Labute approximate surface area is 210 Å². The summed E-state index contributed by atoms with van der Waals surface area (Å²) in [5.41, 5.74) is 14.3. The minimum atomic E-state index is -0.321. The van der Waals surface area contributed by atoms with Gasteiger partial charge in [-0.15, -0.1) is 0 Å². The van der Waals surface area contributed by atoms with E-state index in [0.29, 0.717) is 54.8 Å². The van der Waals surface area contributed by atoms with E-state index in [2.05, 4.69) is 4.99 Å². The van der Waals surface area contributed by atoms with E-state index >= 15 is 0 Å². The number of benzene rings is 1. The first-order chi connectivity index (χ1) is 16.8. The van der Waals surface area contributed by atoms with E-state index in [-0.39, 0.29) is 24.0 Å². The Kier molecular flexibility index (Phi) is 7.64. The number of hydrogen-bond acceptors (Lipinski definition) is 5. The molecule has 4 rings (SSSR count). The SMILES string of the molecule is CCCOC(=O)N1CCN(C(=O)c2ccc3c(Cl)c4c(nc3c2)CC(CN=C(N)N)CC4)[C@@H](C)C1. The Morgan fingerprint density at radius 1 is 1.29 bits per heavy atom. The molecule has 1 aromatic heterocycles. The molecule has 2 atom stereocenters. The molecule has 4 N–H and O–H groups in total. The summed E-state index contributed by atoms with van der Waals surface area (Å²) in [6.45, 7) is 6.20. The van der Waals surface area contributed by atoms with Crippen molar-refractivity contribution in [3.63, 3.8) is 0 Å². The third kappa shape index (κ3) is 5.45. The van der Waals surface area contributed by atoms with Crippen LogP contribution in [0.25, 0.3) is 10.9 Å². The van der Waals surface area contributed by atoms with Gasteiger partial charge in [0.05, 0.1) is 17.1 Å². The van der Waals surface area contributed by atoms with Gasteiger partial charge in [-0.2, -0.15) is 0 Å². The van der Waals surface area contributed by atoms with Gasteiger partial charge in [-0.05, 0) is 56.2 Å². The molecule has 0 bridgehead atoms. The average Bonchev–Trinajstić information content (AvgIpc) is 2.85. The monoisotopic (exact) mass is 500 g/mol. The van der Waals surface area contributed by atoms with E-state index < -0.39 is 0 Å². The molecular weight excluding hydrogens is 468 g/mol. The minimum absolute atomic E-state index is 0.0812. The number of carbonyl (C=O) groups is 2. The van der Waals surface area contributed by atoms with Gasteiger partial charge in [0.25, 0.3) is 5.91 Å². The number of aromatic nitrogens is 1. The number of nitrogens with zero attached hydrogens (tertiary/aromatic N) is 4. The zero-order valence-electron chi connectivity index (χ0n) is 20.3. The fourth-order valence-corrected chi connectivity index (χ4v) is 5.22. The van der Waals surface area contributed by atoms with Gasteiger partial charge in [0.1, 0.15) is 0 Å². The molecule has 2 aromatic rings. The number of guanidine groups is 1. The normalized spacial score (nSPS) is 19.9. The Bertz CT molecular complexity index is 1150. The number of ether oxygens (including phenoxy) is 1. The maximum absolute atomic E-state index is 13.4. The molecule has 0 radical (unpaired) electrons. The molecule has 1 aliphatic carbocycles. The molecule has 1 aromatic carbocycles. The average molecular weight is 501 g/mol. The predicted octanol–water partition coefficient (Wildman–Crippen LogP) is 2.96. The van der Waals surface area contributed by atoms with Crippen molar-refractivity contribution in [2.24, 2.45) is 22.4 Å². The molecule has 188 valence electrons. The number of fused-ring (bicyclic) bond motifs is 2. The van der Waals surface area contributed by atoms with Crippen LogP contribution in [-0.2, 0) is 17.6 Å². The Morgan fingerprint density at radius 3 is 2.80 bits per heavy atom. The fraction of sp³-hybridized carbons (Fsp3) is 0.520. The summed E-state index contributed by atoms with van der Waals surface area (Å²) in [6.07, 6.45) is 2.97. The number of piperazine rings is 1. The third-order valence-electron chi connectivity index (χ3n) is 6.74. The van der Waals surface area contributed by atoms with Crippen molar-refractivity contribution in [1.82, 2.24) is 14.8 Å². The molecule has 0 saturated carbocycles. The highest BCUT2D eigenvalue weighted by Crippen LogP contribution is 2.35. The first kappa shape index (κ1) is 25.0. The minimum Gasteiger partial charge on any atom is -0.449 e. The van der Waals surface area contributed by atoms with Crippen LogP contribution in [0.1, 0.15) is 48.3 Å². The molecule has 1 fully saturated rings. The molecule has 2 heterocycles.